The highest BCUT2D eigenvalue weighted by molar-refractivity contribution is 6.33. The quantitative estimate of drug-likeness (QED) is 0.380. The number of halogens is 1. The summed E-state index contributed by atoms with van der Waals surface area (Å²) in [6.45, 7) is 10.1. The number of methoxy groups -OCH3 is 1. The van der Waals surface area contributed by atoms with E-state index in [9.17, 15) is 4.79 Å². The van der Waals surface area contributed by atoms with Gasteiger partial charge in [-0.15, -0.1) is 0 Å². The smallest absolute Gasteiger partial charge is 0.266 e. The van der Waals surface area contributed by atoms with Crippen molar-refractivity contribution in [3.05, 3.63) is 76.0 Å². The lowest BCUT2D eigenvalue weighted by atomic mass is 10.2. The topological polar surface area (TPSA) is 66.3 Å². The van der Waals surface area contributed by atoms with Crippen LogP contribution in [0.5, 0.6) is 11.5 Å². The molecule has 0 amide bonds. The van der Waals surface area contributed by atoms with Crippen molar-refractivity contribution in [1.82, 2.24) is 19.6 Å². The molecule has 0 aliphatic carbocycles. The molecule has 2 aliphatic heterocycles. The fraction of sp³-hybridized carbons (Fsp3) is 0.448. The molecule has 1 aromatic heterocycles. The number of rotatable bonds is 10. The lowest BCUT2D eigenvalue weighted by Crippen LogP contribution is -2.48. The van der Waals surface area contributed by atoms with Crippen LogP contribution in [-0.2, 0) is 6.54 Å². The summed E-state index contributed by atoms with van der Waals surface area (Å²) in [6, 6.07) is 19.2. The van der Waals surface area contributed by atoms with Gasteiger partial charge in [-0.25, -0.2) is 4.68 Å². The number of piperazine rings is 2. The first-order chi connectivity index (χ1) is 19.1. The lowest BCUT2D eigenvalue weighted by molar-refractivity contribution is 0.196. The summed E-state index contributed by atoms with van der Waals surface area (Å²) in [5.41, 5.74) is 1.04. The molecule has 10 heteroatoms. The number of ether oxygens (including phenoxy) is 2. The van der Waals surface area contributed by atoms with E-state index < -0.39 is 0 Å². The van der Waals surface area contributed by atoms with E-state index >= 15 is 0 Å². The minimum absolute atomic E-state index is 0.0550. The van der Waals surface area contributed by atoms with Gasteiger partial charge in [0, 0.05) is 71.5 Å². The molecule has 3 aromatic rings. The van der Waals surface area contributed by atoms with E-state index in [0.717, 1.165) is 93.5 Å². The second kappa shape index (κ2) is 13.2. The van der Waals surface area contributed by atoms with Crippen molar-refractivity contribution >= 4 is 23.1 Å². The van der Waals surface area contributed by atoms with Crippen LogP contribution in [0.15, 0.2) is 65.5 Å². The third-order valence-electron chi connectivity index (χ3n) is 7.48. The number of anilines is 2. The molecule has 3 heterocycles. The molecule has 0 radical (unpaired) electrons. The lowest BCUT2D eigenvalue weighted by Gasteiger charge is -2.36. The molecular weight excluding hydrogens is 516 g/mol. The monoisotopic (exact) mass is 552 g/mol. The number of nitrogens with zero attached hydrogens (tertiary/aromatic N) is 6. The minimum atomic E-state index is -0.0550. The number of para-hydroxylation sites is 3. The van der Waals surface area contributed by atoms with Crippen molar-refractivity contribution in [3.8, 4) is 11.5 Å². The Morgan fingerprint density at radius 1 is 0.744 bits per heavy atom. The van der Waals surface area contributed by atoms with E-state index in [1.807, 2.05) is 48.5 Å². The average Bonchev–Trinajstić information content (AvgIpc) is 2.98. The van der Waals surface area contributed by atoms with Crippen LogP contribution in [-0.4, -0.2) is 98.7 Å². The number of hydrogen-bond donors (Lipinski definition) is 0. The average molecular weight is 553 g/mol. The summed E-state index contributed by atoms with van der Waals surface area (Å²) in [5.74, 6) is 2.39. The van der Waals surface area contributed by atoms with Gasteiger partial charge in [-0.1, -0.05) is 35.9 Å². The molecule has 39 heavy (non-hydrogen) atoms. The van der Waals surface area contributed by atoms with Gasteiger partial charge < -0.3 is 19.3 Å². The molecule has 5 rings (SSSR count). The van der Waals surface area contributed by atoms with Crippen LogP contribution in [0.4, 0.5) is 11.5 Å². The van der Waals surface area contributed by atoms with Crippen molar-refractivity contribution in [2.24, 2.45) is 0 Å². The first kappa shape index (κ1) is 27.3. The first-order valence-electron chi connectivity index (χ1n) is 13.6. The molecule has 0 spiro atoms. The van der Waals surface area contributed by atoms with Gasteiger partial charge in [0.15, 0.2) is 11.5 Å². The van der Waals surface area contributed by atoms with E-state index in [1.54, 1.807) is 17.9 Å². The minimum Gasteiger partial charge on any atom is -0.493 e. The highest BCUT2D eigenvalue weighted by atomic mass is 35.5. The highest BCUT2D eigenvalue weighted by Gasteiger charge is 2.21. The highest BCUT2D eigenvalue weighted by Crippen LogP contribution is 2.26. The normalized spacial score (nSPS) is 16.9. The third kappa shape index (κ3) is 7.03. The van der Waals surface area contributed by atoms with Gasteiger partial charge in [0.1, 0.15) is 12.4 Å². The Labute approximate surface area is 235 Å². The molecule has 0 bridgehead atoms. The van der Waals surface area contributed by atoms with Crippen LogP contribution in [0.1, 0.15) is 0 Å². The number of aromatic nitrogens is 2. The molecule has 0 unspecified atom stereocenters. The zero-order chi connectivity index (χ0) is 27.0. The zero-order valence-electron chi connectivity index (χ0n) is 22.5. The Bertz CT molecular complexity index is 1270. The van der Waals surface area contributed by atoms with Gasteiger partial charge in [-0.2, -0.15) is 5.10 Å². The van der Waals surface area contributed by atoms with Crippen LogP contribution in [0.2, 0.25) is 5.02 Å². The Kier molecular flexibility index (Phi) is 9.23. The van der Waals surface area contributed by atoms with Gasteiger partial charge in [0.2, 0.25) is 0 Å². The number of benzene rings is 2. The van der Waals surface area contributed by atoms with Crippen LogP contribution in [0.3, 0.4) is 0 Å². The molecule has 2 fully saturated rings. The van der Waals surface area contributed by atoms with Gasteiger partial charge in [0.25, 0.3) is 5.56 Å². The van der Waals surface area contributed by atoms with Gasteiger partial charge in [-0.3, -0.25) is 14.6 Å². The van der Waals surface area contributed by atoms with Crippen molar-refractivity contribution in [2.45, 2.75) is 6.54 Å². The molecule has 0 saturated carbocycles. The predicted octanol–water partition coefficient (Wildman–Crippen LogP) is 2.93. The summed E-state index contributed by atoms with van der Waals surface area (Å²) in [4.78, 5) is 21.9. The SMILES string of the molecule is COc1ccccc1OCCN1CCN(c2ccc(=O)n(CCN3CCN(c4ccccc4Cl)CC3)n2)CC1. The van der Waals surface area contributed by atoms with E-state index in [4.69, 9.17) is 26.2 Å². The molecule has 208 valence electrons. The fourth-order valence-electron chi connectivity index (χ4n) is 5.15. The van der Waals surface area contributed by atoms with E-state index in [0.29, 0.717) is 13.2 Å². The van der Waals surface area contributed by atoms with Gasteiger partial charge in [0.05, 0.1) is 24.4 Å². The van der Waals surface area contributed by atoms with Crippen molar-refractivity contribution in [1.29, 1.82) is 0 Å². The van der Waals surface area contributed by atoms with Crippen LogP contribution >= 0.6 is 11.6 Å². The molecule has 2 aromatic carbocycles. The summed E-state index contributed by atoms with van der Waals surface area (Å²) >= 11 is 6.38. The number of hydrogen-bond acceptors (Lipinski definition) is 8. The Morgan fingerprint density at radius 3 is 2.10 bits per heavy atom. The Morgan fingerprint density at radius 2 is 1.38 bits per heavy atom. The largest absolute Gasteiger partial charge is 0.493 e. The van der Waals surface area contributed by atoms with Crippen molar-refractivity contribution in [2.75, 3.05) is 89.0 Å². The molecule has 9 nitrogen and oxygen atoms in total. The first-order valence-corrected chi connectivity index (χ1v) is 14.0. The van der Waals surface area contributed by atoms with Crippen molar-refractivity contribution < 1.29 is 9.47 Å². The van der Waals surface area contributed by atoms with Crippen LogP contribution < -0.4 is 24.8 Å². The molecule has 0 atom stereocenters. The molecule has 2 saturated heterocycles. The summed E-state index contributed by atoms with van der Waals surface area (Å²) < 4.78 is 12.9. The second-order valence-electron chi connectivity index (χ2n) is 9.86. The predicted molar refractivity (Wildman–Crippen MR) is 156 cm³/mol. The van der Waals surface area contributed by atoms with Gasteiger partial charge >= 0.3 is 0 Å². The second-order valence-corrected chi connectivity index (χ2v) is 10.3. The summed E-state index contributed by atoms with van der Waals surface area (Å²) in [5, 5.41) is 5.51. The van der Waals surface area contributed by atoms with E-state index in [1.165, 1.54) is 0 Å². The molecule has 0 N–H and O–H groups in total. The van der Waals surface area contributed by atoms with Gasteiger partial charge in [-0.05, 0) is 30.3 Å². The zero-order valence-corrected chi connectivity index (χ0v) is 23.3. The fourth-order valence-corrected chi connectivity index (χ4v) is 5.40. The summed E-state index contributed by atoms with van der Waals surface area (Å²) in [6.07, 6.45) is 0. The summed E-state index contributed by atoms with van der Waals surface area (Å²) in [7, 11) is 1.66. The Hall–Kier alpha value is -3.27. The molecular formula is C29H37ClN6O3. The third-order valence-corrected chi connectivity index (χ3v) is 7.80. The maximum Gasteiger partial charge on any atom is 0.266 e. The Balaban J connectivity index is 1.07. The van der Waals surface area contributed by atoms with E-state index in [-0.39, 0.29) is 5.56 Å². The standard InChI is InChI=1S/C29H37ClN6O3/c1-38-26-8-4-5-9-27(26)39-23-22-33-14-19-35(20-15-33)28-10-11-29(37)36(31-28)21-16-32-12-17-34(18-13-32)25-7-3-2-6-24(25)30/h2-11H,12-23H2,1H3. The maximum absolute atomic E-state index is 12.5. The van der Waals surface area contributed by atoms with Crippen LogP contribution in [0, 0.1) is 0 Å². The van der Waals surface area contributed by atoms with Crippen molar-refractivity contribution in [3.63, 3.8) is 0 Å². The van der Waals surface area contributed by atoms with E-state index in [2.05, 4.69) is 25.7 Å². The maximum atomic E-state index is 12.5. The van der Waals surface area contributed by atoms with Crippen LogP contribution in [0.25, 0.3) is 0 Å². The molecule has 2 aliphatic rings.